The highest BCUT2D eigenvalue weighted by atomic mass is 32.2. The number of benzene rings is 2. The van der Waals surface area contributed by atoms with E-state index in [4.69, 9.17) is 0 Å². The summed E-state index contributed by atoms with van der Waals surface area (Å²) < 4.78 is 13.4. The predicted octanol–water partition coefficient (Wildman–Crippen LogP) is 4.29. The summed E-state index contributed by atoms with van der Waals surface area (Å²) in [6.45, 7) is 2.03. The Hall–Kier alpha value is -1.28. The van der Waals surface area contributed by atoms with Crippen LogP contribution in [0.2, 0.25) is 0 Å². The fraction of sp³-hybridized carbons (Fsp3) is 0.0769. The molecule has 0 fully saturated rings. The SMILES string of the molecule is Cc1ccccc1Sc1ccccc1F. The molecule has 0 saturated heterocycles. The molecule has 76 valence electrons. The molecule has 0 heterocycles. The van der Waals surface area contributed by atoms with E-state index >= 15 is 0 Å². The number of halogens is 1. The van der Waals surface area contributed by atoms with Crippen molar-refractivity contribution in [2.45, 2.75) is 16.7 Å². The number of hydrogen-bond acceptors (Lipinski definition) is 1. The Morgan fingerprint density at radius 3 is 2.13 bits per heavy atom. The van der Waals surface area contributed by atoms with Gasteiger partial charge >= 0.3 is 0 Å². The van der Waals surface area contributed by atoms with Gasteiger partial charge in [0.05, 0.1) is 0 Å². The topological polar surface area (TPSA) is 0 Å². The van der Waals surface area contributed by atoms with Gasteiger partial charge in [-0.3, -0.25) is 0 Å². The van der Waals surface area contributed by atoms with Gasteiger partial charge in [-0.2, -0.15) is 0 Å². The van der Waals surface area contributed by atoms with Crippen LogP contribution in [-0.2, 0) is 0 Å². The minimum Gasteiger partial charge on any atom is -0.206 e. The van der Waals surface area contributed by atoms with E-state index in [1.807, 2.05) is 37.3 Å². The Balaban J connectivity index is 2.30. The second-order valence-electron chi connectivity index (χ2n) is 3.30. The third-order valence-electron chi connectivity index (χ3n) is 2.15. The lowest BCUT2D eigenvalue weighted by molar-refractivity contribution is 0.602. The van der Waals surface area contributed by atoms with E-state index in [2.05, 4.69) is 0 Å². The van der Waals surface area contributed by atoms with Crippen molar-refractivity contribution in [2.24, 2.45) is 0 Å². The fourth-order valence-electron chi connectivity index (χ4n) is 1.32. The number of hydrogen-bond donors (Lipinski definition) is 0. The lowest BCUT2D eigenvalue weighted by Gasteiger charge is -2.05. The second kappa shape index (κ2) is 4.49. The molecule has 0 aliphatic carbocycles. The van der Waals surface area contributed by atoms with Gasteiger partial charge < -0.3 is 0 Å². The molecule has 0 radical (unpaired) electrons. The molecule has 0 aliphatic heterocycles. The average molecular weight is 218 g/mol. The van der Waals surface area contributed by atoms with E-state index < -0.39 is 0 Å². The quantitative estimate of drug-likeness (QED) is 0.724. The van der Waals surface area contributed by atoms with Crippen molar-refractivity contribution in [1.29, 1.82) is 0 Å². The number of rotatable bonds is 2. The first-order valence-electron chi connectivity index (χ1n) is 4.75. The molecule has 2 aromatic rings. The first kappa shape index (κ1) is 10.2. The van der Waals surface area contributed by atoms with Crippen molar-refractivity contribution in [3.63, 3.8) is 0 Å². The summed E-state index contributed by atoms with van der Waals surface area (Å²) in [5.74, 6) is -0.161. The summed E-state index contributed by atoms with van der Waals surface area (Å²) >= 11 is 1.47. The zero-order chi connectivity index (χ0) is 10.7. The average Bonchev–Trinajstić information content (AvgIpc) is 2.24. The first-order valence-corrected chi connectivity index (χ1v) is 5.57. The van der Waals surface area contributed by atoms with E-state index in [0.29, 0.717) is 4.90 Å². The first-order chi connectivity index (χ1) is 7.27. The van der Waals surface area contributed by atoms with E-state index in [-0.39, 0.29) is 5.82 Å². The summed E-state index contributed by atoms with van der Waals surface area (Å²) in [5.41, 5.74) is 1.17. The minimum atomic E-state index is -0.161. The Morgan fingerprint density at radius 2 is 1.47 bits per heavy atom. The van der Waals surface area contributed by atoms with Crippen LogP contribution in [0.3, 0.4) is 0 Å². The van der Waals surface area contributed by atoms with E-state index in [0.717, 1.165) is 4.90 Å². The molecule has 0 spiro atoms. The Labute approximate surface area is 93.1 Å². The van der Waals surface area contributed by atoms with Gasteiger partial charge in [-0.05, 0) is 30.7 Å². The van der Waals surface area contributed by atoms with Gasteiger partial charge in [-0.1, -0.05) is 42.1 Å². The second-order valence-corrected chi connectivity index (χ2v) is 4.38. The highest BCUT2D eigenvalue weighted by Crippen LogP contribution is 2.31. The maximum absolute atomic E-state index is 13.4. The van der Waals surface area contributed by atoms with Crippen molar-refractivity contribution >= 4 is 11.8 Å². The molecule has 0 N–H and O–H groups in total. The summed E-state index contributed by atoms with van der Waals surface area (Å²) in [4.78, 5) is 1.77. The zero-order valence-corrected chi connectivity index (χ0v) is 9.22. The summed E-state index contributed by atoms with van der Waals surface area (Å²) in [5, 5.41) is 0. The van der Waals surface area contributed by atoms with Crippen molar-refractivity contribution in [2.75, 3.05) is 0 Å². The maximum atomic E-state index is 13.4. The Morgan fingerprint density at radius 1 is 0.867 bits per heavy atom. The highest BCUT2D eigenvalue weighted by molar-refractivity contribution is 7.99. The molecule has 15 heavy (non-hydrogen) atoms. The molecule has 2 heteroatoms. The van der Waals surface area contributed by atoms with Crippen LogP contribution in [0.5, 0.6) is 0 Å². The van der Waals surface area contributed by atoms with Crippen molar-refractivity contribution in [3.8, 4) is 0 Å². The van der Waals surface area contributed by atoms with Crippen LogP contribution in [0.25, 0.3) is 0 Å². The summed E-state index contributed by atoms with van der Waals surface area (Å²) in [6.07, 6.45) is 0. The smallest absolute Gasteiger partial charge is 0.137 e. The fourth-order valence-corrected chi connectivity index (χ4v) is 2.24. The van der Waals surface area contributed by atoms with Gasteiger partial charge in [-0.15, -0.1) is 0 Å². The van der Waals surface area contributed by atoms with Gasteiger partial charge in [0.2, 0.25) is 0 Å². The molecule has 2 aromatic carbocycles. The monoisotopic (exact) mass is 218 g/mol. The molecule has 0 unspecified atom stereocenters. The molecular formula is C13H11FS. The minimum absolute atomic E-state index is 0.161. The van der Waals surface area contributed by atoms with Gasteiger partial charge in [0, 0.05) is 9.79 Å². The summed E-state index contributed by atoms with van der Waals surface area (Å²) in [7, 11) is 0. The van der Waals surface area contributed by atoms with Crippen LogP contribution in [0, 0.1) is 12.7 Å². The molecule has 0 nitrogen and oxygen atoms in total. The van der Waals surface area contributed by atoms with Gasteiger partial charge in [0.15, 0.2) is 0 Å². The standard InChI is InChI=1S/C13H11FS/c1-10-6-2-4-8-12(10)15-13-9-5-3-7-11(13)14/h2-9H,1H3. The molecule has 0 aromatic heterocycles. The van der Waals surface area contributed by atoms with Gasteiger partial charge in [0.1, 0.15) is 5.82 Å². The predicted molar refractivity (Wildman–Crippen MR) is 61.7 cm³/mol. The van der Waals surface area contributed by atoms with Gasteiger partial charge in [-0.25, -0.2) is 4.39 Å². The molecule has 2 rings (SSSR count). The molecule has 0 amide bonds. The van der Waals surface area contributed by atoms with Crippen LogP contribution in [0.4, 0.5) is 4.39 Å². The lowest BCUT2D eigenvalue weighted by Crippen LogP contribution is -1.82. The van der Waals surface area contributed by atoms with Crippen LogP contribution >= 0.6 is 11.8 Å². The number of aryl methyl sites for hydroxylation is 1. The lowest BCUT2D eigenvalue weighted by atomic mass is 10.2. The largest absolute Gasteiger partial charge is 0.206 e. The van der Waals surface area contributed by atoms with Crippen LogP contribution in [0.1, 0.15) is 5.56 Å². The molecular weight excluding hydrogens is 207 g/mol. The van der Waals surface area contributed by atoms with E-state index in [1.165, 1.54) is 23.4 Å². The Bertz CT molecular complexity index is 422. The van der Waals surface area contributed by atoms with E-state index in [1.54, 1.807) is 12.1 Å². The molecule has 0 bridgehead atoms. The third kappa shape index (κ3) is 2.39. The van der Waals surface area contributed by atoms with Crippen molar-refractivity contribution in [1.82, 2.24) is 0 Å². The Kier molecular flexibility index (Phi) is 3.07. The van der Waals surface area contributed by atoms with Crippen molar-refractivity contribution in [3.05, 3.63) is 59.9 Å². The normalized spacial score (nSPS) is 10.3. The van der Waals surface area contributed by atoms with E-state index in [9.17, 15) is 4.39 Å². The zero-order valence-electron chi connectivity index (χ0n) is 8.41. The maximum Gasteiger partial charge on any atom is 0.137 e. The van der Waals surface area contributed by atoms with Gasteiger partial charge in [0.25, 0.3) is 0 Å². The van der Waals surface area contributed by atoms with Crippen molar-refractivity contribution < 1.29 is 4.39 Å². The van der Waals surface area contributed by atoms with Crippen LogP contribution in [0.15, 0.2) is 58.3 Å². The summed E-state index contributed by atoms with van der Waals surface area (Å²) in [6, 6.07) is 14.8. The molecule has 0 atom stereocenters. The highest BCUT2D eigenvalue weighted by Gasteiger charge is 2.04. The van der Waals surface area contributed by atoms with Crippen LogP contribution in [-0.4, -0.2) is 0 Å². The third-order valence-corrected chi connectivity index (χ3v) is 3.38. The van der Waals surface area contributed by atoms with Crippen LogP contribution < -0.4 is 0 Å². The molecule has 0 aliphatic rings. The molecule has 0 saturated carbocycles.